The van der Waals surface area contributed by atoms with E-state index in [0.29, 0.717) is 28.9 Å². The van der Waals surface area contributed by atoms with Crippen LogP contribution in [0.5, 0.6) is 17.2 Å². The summed E-state index contributed by atoms with van der Waals surface area (Å²) in [6.45, 7) is 8.91. The monoisotopic (exact) mass is 312 g/mol. The quantitative estimate of drug-likeness (QED) is 0.464. The zero-order chi connectivity index (χ0) is 16.8. The highest BCUT2D eigenvalue weighted by Gasteiger charge is 2.18. The number of carbonyl (C=O) groups excluding carboxylic acids is 2. The molecule has 2 rings (SSSR count). The predicted octanol–water partition coefficient (Wildman–Crippen LogP) is 3.42. The van der Waals surface area contributed by atoms with Gasteiger partial charge in [-0.15, -0.1) is 0 Å². The van der Waals surface area contributed by atoms with Crippen molar-refractivity contribution in [3.05, 3.63) is 55.6 Å². The second-order valence-corrected chi connectivity index (χ2v) is 4.43. The Balaban J connectivity index is 2.68. The van der Waals surface area contributed by atoms with Gasteiger partial charge in [0, 0.05) is 29.0 Å². The van der Waals surface area contributed by atoms with Crippen molar-refractivity contribution in [3.63, 3.8) is 0 Å². The Bertz CT molecular complexity index is 776. The van der Waals surface area contributed by atoms with Crippen LogP contribution in [0.25, 0.3) is 10.8 Å². The molecule has 5 nitrogen and oxygen atoms in total. The first-order valence-corrected chi connectivity index (χ1v) is 6.97. The lowest BCUT2D eigenvalue weighted by atomic mass is 10.1. The molecule has 0 spiro atoms. The Labute approximate surface area is 133 Å². The Kier molecular flexibility index (Phi) is 5.15. The van der Waals surface area contributed by atoms with E-state index < -0.39 is 11.9 Å². The maximum Gasteiger partial charge on any atom is 0.335 e. The van der Waals surface area contributed by atoms with Crippen molar-refractivity contribution in [3.8, 4) is 17.2 Å². The van der Waals surface area contributed by atoms with Crippen molar-refractivity contribution in [2.24, 2.45) is 0 Å². The molecule has 0 radical (unpaired) electrons. The first-order chi connectivity index (χ1) is 11.1. The zero-order valence-corrected chi connectivity index (χ0v) is 12.7. The zero-order valence-electron chi connectivity index (χ0n) is 12.7. The molecule has 2 aromatic carbocycles. The maximum atomic E-state index is 11.6. The normalized spacial score (nSPS) is 9.96. The molecule has 0 fully saturated rings. The van der Waals surface area contributed by atoms with Crippen LogP contribution in [0, 0.1) is 0 Å². The van der Waals surface area contributed by atoms with Crippen molar-refractivity contribution in [2.45, 2.75) is 6.92 Å². The van der Waals surface area contributed by atoms with Gasteiger partial charge in [0.05, 0.1) is 6.61 Å². The third-order valence-corrected chi connectivity index (χ3v) is 2.97. The summed E-state index contributed by atoms with van der Waals surface area (Å²) in [5.74, 6) is -0.341. The summed E-state index contributed by atoms with van der Waals surface area (Å²) < 4.78 is 16.1. The number of hydrogen-bond donors (Lipinski definition) is 0. The van der Waals surface area contributed by atoms with E-state index in [4.69, 9.17) is 14.2 Å². The highest BCUT2D eigenvalue weighted by molar-refractivity contribution is 5.99. The van der Waals surface area contributed by atoms with E-state index >= 15 is 0 Å². The summed E-state index contributed by atoms with van der Waals surface area (Å²) in [7, 11) is 0. The lowest BCUT2D eigenvalue weighted by molar-refractivity contribution is -0.130. The lowest BCUT2D eigenvalue weighted by Gasteiger charge is -2.15. The Hall–Kier alpha value is -3.08. The average molecular weight is 312 g/mol. The minimum Gasteiger partial charge on any atom is -0.490 e. The van der Waals surface area contributed by atoms with E-state index in [1.165, 1.54) is 6.07 Å². The van der Waals surface area contributed by atoms with Crippen LogP contribution in [-0.4, -0.2) is 18.5 Å². The highest BCUT2D eigenvalue weighted by atomic mass is 16.6. The van der Waals surface area contributed by atoms with Crippen LogP contribution in [0.3, 0.4) is 0 Å². The molecule has 0 unspecified atom stereocenters. The van der Waals surface area contributed by atoms with E-state index in [1.54, 1.807) is 31.2 Å². The second-order valence-electron chi connectivity index (χ2n) is 4.43. The summed E-state index contributed by atoms with van der Waals surface area (Å²) in [6.07, 6.45) is 2.14. The molecule has 0 saturated carbocycles. The third-order valence-electron chi connectivity index (χ3n) is 2.97. The van der Waals surface area contributed by atoms with Crippen LogP contribution in [0.1, 0.15) is 6.92 Å². The van der Waals surface area contributed by atoms with Gasteiger partial charge in [-0.05, 0) is 6.92 Å². The molecule has 23 heavy (non-hydrogen) atoms. The standard InChI is InChI=1S/C18H16O5/c1-4-16(19)22-14-11-15(21-6-3)18(23-17(20)5-2)13-10-8-7-9-12(13)14/h4-5,7-11H,1-2,6H2,3H3. The number of carbonyl (C=O) groups is 2. The summed E-state index contributed by atoms with van der Waals surface area (Å²) >= 11 is 0. The van der Waals surface area contributed by atoms with Gasteiger partial charge < -0.3 is 14.2 Å². The molecule has 5 heteroatoms. The average Bonchev–Trinajstić information content (AvgIpc) is 2.57. The van der Waals surface area contributed by atoms with Gasteiger partial charge in [-0.25, -0.2) is 9.59 Å². The number of benzene rings is 2. The molecular weight excluding hydrogens is 296 g/mol. The smallest absolute Gasteiger partial charge is 0.335 e. The minimum absolute atomic E-state index is 0.255. The molecule has 0 aliphatic carbocycles. The first-order valence-electron chi connectivity index (χ1n) is 6.97. The molecular formula is C18H16O5. The van der Waals surface area contributed by atoms with Crippen molar-refractivity contribution >= 4 is 22.7 Å². The van der Waals surface area contributed by atoms with Crippen LogP contribution < -0.4 is 14.2 Å². The van der Waals surface area contributed by atoms with Crippen LogP contribution in [-0.2, 0) is 9.59 Å². The van der Waals surface area contributed by atoms with Gasteiger partial charge >= 0.3 is 11.9 Å². The molecule has 0 amide bonds. The number of rotatable bonds is 6. The predicted molar refractivity (Wildman–Crippen MR) is 86.8 cm³/mol. The van der Waals surface area contributed by atoms with E-state index in [0.717, 1.165) is 12.2 Å². The van der Waals surface area contributed by atoms with Crippen LogP contribution >= 0.6 is 0 Å². The van der Waals surface area contributed by atoms with Gasteiger partial charge in [0.1, 0.15) is 5.75 Å². The molecule has 0 aliphatic rings. The molecule has 0 aromatic heterocycles. The van der Waals surface area contributed by atoms with Gasteiger partial charge in [-0.2, -0.15) is 0 Å². The highest BCUT2D eigenvalue weighted by Crippen LogP contribution is 2.41. The topological polar surface area (TPSA) is 61.8 Å². The molecule has 0 atom stereocenters. The fourth-order valence-electron chi connectivity index (χ4n) is 2.04. The Morgan fingerprint density at radius 2 is 1.61 bits per heavy atom. The van der Waals surface area contributed by atoms with Crippen molar-refractivity contribution < 1.29 is 23.8 Å². The SMILES string of the molecule is C=CC(=O)Oc1cc(OCC)c(OC(=O)C=C)c2ccccc12. The minimum atomic E-state index is -0.605. The molecule has 0 aliphatic heterocycles. The number of ether oxygens (including phenoxy) is 3. The number of fused-ring (bicyclic) bond motifs is 1. The fraction of sp³-hybridized carbons (Fsp3) is 0.111. The number of hydrogen-bond acceptors (Lipinski definition) is 5. The van der Waals surface area contributed by atoms with Crippen LogP contribution in [0.15, 0.2) is 55.6 Å². The molecule has 0 N–H and O–H groups in total. The van der Waals surface area contributed by atoms with E-state index in [2.05, 4.69) is 13.2 Å². The van der Waals surface area contributed by atoms with Gasteiger partial charge in [0.15, 0.2) is 11.5 Å². The van der Waals surface area contributed by atoms with Gasteiger partial charge in [-0.1, -0.05) is 37.4 Å². The first kappa shape index (κ1) is 16.3. The summed E-state index contributed by atoms with van der Waals surface area (Å²) in [5.41, 5.74) is 0. The van der Waals surface area contributed by atoms with Crippen molar-refractivity contribution in [2.75, 3.05) is 6.61 Å². The lowest BCUT2D eigenvalue weighted by Crippen LogP contribution is -2.08. The molecule has 0 saturated heterocycles. The maximum absolute atomic E-state index is 11.6. The number of esters is 2. The molecule has 0 bridgehead atoms. The summed E-state index contributed by atoms with van der Waals surface area (Å²) in [6, 6.07) is 8.57. The van der Waals surface area contributed by atoms with E-state index in [9.17, 15) is 9.59 Å². The largest absolute Gasteiger partial charge is 0.490 e. The molecule has 2 aromatic rings. The van der Waals surface area contributed by atoms with Crippen LogP contribution in [0.4, 0.5) is 0 Å². The summed E-state index contributed by atoms with van der Waals surface area (Å²) in [4.78, 5) is 23.1. The van der Waals surface area contributed by atoms with E-state index in [1.807, 2.05) is 0 Å². The van der Waals surface area contributed by atoms with Gasteiger partial charge in [0.25, 0.3) is 0 Å². The van der Waals surface area contributed by atoms with E-state index in [-0.39, 0.29) is 5.75 Å². The Morgan fingerprint density at radius 1 is 1.00 bits per heavy atom. The van der Waals surface area contributed by atoms with Gasteiger partial charge in [0.2, 0.25) is 0 Å². The van der Waals surface area contributed by atoms with Crippen molar-refractivity contribution in [1.82, 2.24) is 0 Å². The van der Waals surface area contributed by atoms with Crippen molar-refractivity contribution in [1.29, 1.82) is 0 Å². The van der Waals surface area contributed by atoms with Gasteiger partial charge in [-0.3, -0.25) is 0 Å². The summed E-state index contributed by atoms with van der Waals surface area (Å²) in [5, 5.41) is 1.19. The molecule has 0 heterocycles. The van der Waals surface area contributed by atoms with Crippen LogP contribution in [0.2, 0.25) is 0 Å². The fourth-order valence-corrected chi connectivity index (χ4v) is 2.04. The second kappa shape index (κ2) is 7.26. The third kappa shape index (κ3) is 3.58. The Morgan fingerprint density at radius 3 is 2.22 bits per heavy atom. The molecule has 118 valence electrons.